The highest BCUT2D eigenvalue weighted by molar-refractivity contribution is 7.88. The summed E-state index contributed by atoms with van der Waals surface area (Å²) < 4.78 is 26.5. The number of halogens is 1. The van der Waals surface area contributed by atoms with Crippen molar-refractivity contribution in [3.05, 3.63) is 35.4 Å². The molecule has 1 fully saturated rings. The smallest absolute Gasteiger partial charge is 0.218 e. The molecule has 0 amide bonds. The van der Waals surface area contributed by atoms with Crippen molar-refractivity contribution in [2.45, 2.75) is 25.5 Å². The van der Waals surface area contributed by atoms with E-state index in [4.69, 9.17) is 0 Å². The SMILES string of the molecule is CNCC1CCN(S(=O)(=O)Cc2cccc(C)c2)CC1.Cl. The fourth-order valence-corrected chi connectivity index (χ4v) is 4.33. The summed E-state index contributed by atoms with van der Waals surface area (Å²) in [7, 11) is -1.23. The molecule has 120 valence electrons. The first-order chi connectivity index (χ1) is 9.51. The van der Waals surface area contributed by atoms with E-state index in [2.05, 4.69) is 5.32 Å². The highest BCUT2D eigenvalue weighted by atomic mass is 35.5. The Kier molecular flexibility index (Phi) is 7.13. The van der Waals surface area contributed by atoms with Crippen LogP contribution in [0.2, 0.25) is 0 Å². The minimum absolute atomic E-state index is 0. The van der Waals surface area contributed by atoms with Gasteiger partial charge in [-0.3, -0.25) is 0 Å². The highest BCUT2D eigenvalue weighted by Crippen LogP contribution is 2.21. The van der Waals surface area contributed by atoms with Crippen LogP contribution in [0.4, 0.5) is 0 Å². The van der Waals surface area contributed by atoms with Crippen LogP contribution in [0.25, 0.3) is 0 Å². The molecule has 1 aliphatic heterocycles. The summed E-state index contributed by atoms with van der Waals surface area (Å²) in [6, 6.07) is 7.74. The maximum atomic E-state index is 12.4. The largest absolute Gasteiger partial charge is 0.319 e. The van der Waals surface area contributed by atoms with Crippen LogP contribution < -0.4 is 5.32 Å². The molecule has 1 heterocycles. The zero-order valence-corrected chi connectivity index (χ0v) is 14.3. The molecule has 0 unspecified atom stereocenters. The van der Waals surface area contributed by atoms with Gasteiger partial charge in [-0.05, 0) is 44.8 Å². The normalized spacial score (nSPS) is 17.4. The van der Waals surface area contributed by atoms with E-state index < -0.39 is 10.0 Å². The van der Waals surface area contributed by atoms with Gasteiger partial charge >= 0.3 is 0 Å². The number of sulfonamides is 1. The van der Waals surface area contributed by atoms with E-state index in [-0.39, 0.29) is 18.2 Å². The predicted octanol–water partition coefficient (Wildman–Crippen LogP) is 2.18. The van der Waals surface area contributed by atoms with E-state index >= 15 is 0 Å². The van der Waals surface area contributed by atoms with Gasteiger partial charge in [0.25, 0.3) is 0 Å². The number of rotatable bonds is 5. The van der Waals surface area contributed by atoms with Gasteiger partial charge in [0.2, 0.25) is 10.0 Å². The van der Waals surface area contributed by atoms with E-state index in [0.717, 1.165) is 30.5 Å². The Bertz CT molecular complexity index is 540. The number of benzene rings is 1. The van der Waals surface area contributed by atoms with E-state index in [9.17, 15) is 8.42 Å². The average Bonchev–Trinajstić information content (AvgIpc) is 2.39. The number of aryl methyl sites for hydroxylation is 1. The fourth-order valence-electron chi connectivity index (χ4n) is 2.78. The van der Waals surface area contributed by atoms with Gasteiger partial charge in [0.15, 0.2) is 0 Å². The Morgan fingerprint density at radius 1 is 1.29 bits per heavy atom. The van der Waals surface area contributed by atoms with Crippen LogP contribution in [0.15, 0.2) is 24.3 Å². The van der Waals surface area contributed by atoms with Crippen LogP contribution in [0, 0.1) is 12.8 Å². The van der Waals surface area contributed by atoms with Crippen LogP contribution >= 0.6 is 12.4 Å². The third-order valence-electron chi connectivity index (χ3n) is 3.89. The molecule has 2 rings (SSSR count). The van der Waals surface area contributed by atoms with Crippen molar-refractivity contribution in [1.29, 1.82) is 0 Å². The van der Waals surface area contributed by atoms with Crippen molar-refractivity contribution in [3.8, 4) is 0 Å². The number of hydrogen-bond donors (Lipinski definition) is 1. The van der Waals surface area contributed by atoms with Gasteiger partial charge in [-0.25, -0.2) is 12.7 Å². The average molecular weight is 333 g/mol. The zero-order chi connectivity index (χ0) is 14.6. The number of hydrogen-bond acceptors (Lipinski definition) is 3. The second-order valence-electron chi connectivity index (χ2n) is 5.65. The fraction of sp³-hybridized carbons (Fsp3) is 0.600. The highest BCUT2D eigenvalue weighted by Gasteiger charge is 2.27. The van der Waals surface area contributed by atoms with E-state index in [1.165, 1.54) is 0 Å². The third-order valence-corrected chi connectivity index (χ3v) is 5.74. The van der Waals surface area contributed by atoms with Crippen molar-refractivity contribution in [1.82, 2.24) is 9.62 Å². The molecule has 0 spiro atoms. The first-order valence-electron chi connectivity index (χ1n) is 7.19. The minimum atomic E-state index is -3.18. The molecule has 0 aliphatic carbocycles. The molecule has 1 aromatic rings. The lowest BCUT2D eigenvalue weighted by Gasteiger charge is -2.31. The van der Waals surface area contributed by atoms with Crippen LogP contribution in [0.1, 0.15) is 24.0 Å². The molecule has 1 aliphatic rings. The molecule has 0 atom stereocenters. The molecule has 0 saturated carbocycles. The lowest BCUT2D eigenvalue weighted by Crippen LogP contribution is -2.40. The quantitative estimate of drug-likeness (QED) is 0.899. The van der Waals surface area contributed by atoms with Gasteiger partial charge in [0.1, 0.15) is 0 Å². The van der Waals surface area contributed by atoms with E-state index in [0.29, 0.717) is 19.0 Å². The summed E-state index contributed by atoms with van der Waals surface area (Å²) in [6.45, 7) is 4.27. The Labute approximate surface area is 134 Å². The topological polar surface area (TPSA) is 49.4 Å². The number of nitrogens with zero attached hydrogens (tertiary/aromatic N) is 1. The van der Waals surface area contributed by atoms with Crippen LogP contribution in [0.5, 0.6) is 0 Å². The Morgan fingerprint density at radius 3 is 2.52 bits per heavy atom. The van der Waals surface area contributed by atoms with Crippen molar-refractivity contribution in [2.24, 2.45) is 5.92 Å². The molecule has 1 N–H and O–H groups in total. The van der Waals surface area contributed by atoms with Crippen LogP contribution in [0.3, 0.4) is 0 Å². The summed E-state index contributed by atoms with van der Waals surface area (Å²) in [4.78, 5) is 0. The van der Waals surface area contributed by atoms with E-state index in [1.54, 1.807) is 4.31 Å². The maximum absolute atomic E-state index is 12.4. The van der Waals surface area contributed by atoms with Gasteiger partial charge in [-0.2, -0.15) is 0 Å². The Hall–Kier alpha value is -0.620. The Balaban J connectivity index is 0.00000220. The standard InChI is InChI=1S/C15H24N2O2S.ClH/c1-13-4-3-5-15(10-13)12-20(18,19)17-8-6-14(7-9-17)11-16-2;/h3-5,10,14,16H,6-9,11-12H2,1-2H3;1H. The monoisotopic (exact) mass is 332 g/mol. The molecular weight excluding hydrogens is 308 g/mol. The first-order valence-corrected chi connectivity index (χ1v) is 8.80. The molecule has 6 heteroatoms. The molecule has 0 bridgehead atoms. The van der Waals surface area contributed by atoms with Crippen molar-refractivity contribution in [3.63, 3.8) is 0 Å². The first kappa shape index (κ1) is 18.4. The summed E-state index contributed by atoms with van der Waals surface area (Å²) in [6.07, 6.45) is 1.90. The van der Waals surface area contributed by atoms with Gasteiger partial charge in [-0.1, -0.05) is 29.8 Å². The summed E-state index contributed by atoms with van der Waals surface area (Å²) in [5.41, 5.74) is 1.98. The molecule has 21 heavy (non-hydrogen) atoms. The van der Waals surface area contributed by atoms with Gasteiger partial charge < -0.3 is 5.32 Å². The molecule has 0 aromatic heterocycles. The Morgan fingerprint density at radius 2 is 1.95 bits per heavy atom. The second-order valence-corrected chi connectivity index (χ2v) is 7.61. The molecular formula is C15H25ClN2O2S. The lowest BCUT2D eigenvalue weighted by atomic mass is 9.98. The summed E-state index contributed by atoms with van der Waals surface area (Å²) >= 11 is 0. The zero-order valence-electron chi connectivity index (χ0n) is 12.7. The van der Waals surface area contributed by atoms with Crippen molar-refractivity contribution in [2.75, 3.05) is 26.7 Å². The molecule has 1 saturated heterocycles. The van der Waals surface area contributed by atoms with Gasteiger partial charge in [0, 0.05) is 13.1 Å². The van der Waals surface area contributed by atoms with E-state index in [1.807, 2.05) is 38.2 Å². The van der Waals surface area contributed by atoms with Crippen LogP contribution in [-0.2, 0) is 15.8 Å². The van der Waals surface area contributed by atoms with Crippen LogP contribution in [-0.4, -0.2) is 39.4 Å². The second kappa shape index (κ2) is 8.13. The summed E-state index contributed by atoms with van der Waals surface area (Å²) in [5.74, 6) is 0.719. The summed E-state index contributed by atoms with van der Waals surface area (Å²) in [5, 5.41) is 3.17. The lowest BCUT2D eigenvalue weighted by molar-refractivity contribution is 0.270. The number of piperidine rings is 1. The minimum Gasteiger partial charge on any atom is -0.319 e. The molecule has 1 aromatic carbocycles. The van der Waals surface area contributed by atoms with Gasteiger partial charge in [-0.15, -0.1) is 12.4 Å². The van der Waals surface area contributed by atoms with Gasteiger partial charge in [0.05, 0.1) is 5.75 Å². The van der Waals surface area contributed by atoms with Crippen molar-refractivity contribution >= 4 is 22.4 Å². The third kappa shape index (κ3) is 5.25. The molecule has 4 nitrogen and oxygen atoms in total. The van der Waals surface area contributed by atoms with Crippen molar-refractivity contribution < 1.29 is 8.42 Å². The predicted molar refractivity (Wildman–Crippen MR) is 89.3 cm³/mol. The number of nitrogens with one attached hydrogen (secondary N) is 1. The molecule has 0 radical (unpaired) electrons. The maximum Gasteiger partial charge on any atom is 0.218 e.